The average molecular weight is 795 g/mol. The minimum Gasteiger partial charge on any atom is -0.501 e. The van der Waals surface area contributed by atoms with E-state index in [0.717, 1.165) is 27.8 Å². The second-order valence-corrected chi connectivity index (χ2v) is 13.5. The van der Waals surface area contributed by atoms with E-state index in [0.29, 0.717) is 30.0 Å². The summed E-state index contributed by atoms with van der Waals surface area (Å²) < 4.78 is 45.3. The molecule has 0 aliphatic carbocycles. The quantitative estimate of drug-likeness (QED) is 0.161. The van der Waals surface area contributed by atoms with Gasteiger partial charge >= 0.3 is 11.1 Å². The zero-order valence-corrected chi connectivity index (χ0v) is 31.4. The minimum absolute atomic E-state index is 0.0137. The number of hydrogen-bond acceptors (Lipinski definition) is 12. The smallest absolute Gasteiger partial charge is 0.301 e. The summed E-state index contributed by atoms with van der Waals surface area (Å²) in [6, 6.07) is 28.6. The monoisotopic (exact) mass is 794 g/mol. The topological polar surface area (TPSA) is 176 Å². The Labute approximate surface area is 332 Å². The van der Waals surface area contributed by atoms with Crippen molar-refractivity contribution in [2.75, 3.05) is 0 Å². The van der Waals surface area contributed by atoms with Gasteiger partial charge in [0.1, 0.15) is 29.5 Å². The van der Waals surface area contributed by atoms with E-state index in [1.54, 1.807) is 54.9 Å². The Morgan fingerprint density at radius 3 is 1.63 bits per heavy atom. The second kappa shape index (κ2) is 16.3. The lowest BCUT2D eigenvalue weighted by Gasteiger charge is -2.11. The van der Waals surface area contributed by atoms with Crippen LogP contribution in [-0.2, 0) is 19.4 Å². The van der Waals surface area contributed by atoms with Gasteiger partial charge in [-0.2, -0.15) is 9.97 Å². The van der Waals surface area contributed by atoms with E-state index in [1.807, 2.05) is 50.2 Å². The van der Waals surface area contributed by atoms with E-state index in [2.05, 4.69) is 30.2 Å². The Balaban J connectivity index is 0.000000169. The van der Waals surface area contributed by atoms with Crippen molar-refractivity contribution in [3.63, 3.8) is 0 Å². The van der Waals surface area contributed by atoms with Crippen LogP contribution in [0.2, 0.25) is 0 Å². The fourth-order valence-electron chi connectivity index (χ4n) is 6.03. The molecule has 0 atom stereocenters. The maximum atomic E-state index is 13.3. The van der Waals surface area contributed by atoms with E-state index < -0.39 is 11.3 Å². The van der Waals surface area contributed by atoms with E-state index in [1.165, 1.54) is 33.1 Å². The number of aromatic hydroxyl groups is 1. The van der Waals surface area contributed by atoms with Crippen molar-refractivity contribution in [3.05, 3.63) is 187 Å². The van der Waals surface area contributed by atoms with Crippen LogP contribution in [0.25, 0.3) is 34.3 Å². The number of pyridine rings is 2. The van der Waals surface area contributed by atoms with Crippen LogP contribution in [0.4, 0.5) is 8.78 Å². The largest absolute Gasteiger partial charge is 0.501 e. The zero-order chi connectivity index (χ0) is 41.0. The van der Waals surface area contributed by atoms with Gasteiger partial charge in [-0.15, -0.1) is 0 Å². The van der Waals surface area contributed by atoms with Gasteiger partial charge in [0, 0.05) is 12.4 Å². The van der Waals surface area contributed by atoms with Gasteiger partial charge in [-0.3, -0.25) is 18.4 Å². The maximum Gasteiger partial charge on any atom is 0.301 e. The molecule has 3 aromatic carbocycles. The number of rotatable bonds is 9. The highest BCUT2D eigenvalue weighted by Gasteiger charge is 2.22. The van der Waals surface area contributed by atoms with Gasteiger partial charge in [-0.1, -0.05) is 77.0 Å². The molecular weight excluding hydrogens is 763 g/mol. The van der Waals surface area contributed by atoms with E-state index in [4.69, 9.17) is 13.8 Å². The molecule has 0 aliphatic rings. The number of hydrogen-bond donors (Lipinski definition) is 1. The molecule has 0 amide bonds. The number of halogens is 2. The van der Waals surface area contributed by atoms with Crippen molar-refractivity contribution in [2.24, 2.45) is 0 Å². The summed E-state index contributed by atoms with van der Waals surface area (Å²) in [5.74, 6) is -0.427. The Bertz CT molecular complexity index is 3060. The molecular formula is C43H32F2N8O6. The lowest BCUT2D eigenvalue weighted by molar-refractivity contribution is 0.301. The van der Waals surface area contributed by atoms with Gasteiger partial charge in [0.05, 0.1) is 12.8 Å². The Kier molecular flexibility index (Phi) is 10.5. The standard InChI is InChI=1S/C25H19FN4O3.C18H13FN4O3/c1-16-7-12-20-27-22(24-28-21(33-29-24)13-17-8-10-19(26)11-9-17)23(25(31)30(20)14-16)32-15-18-5-3-2-4-6-18;1-10-2-7-13-20-15(16(24)18(25)23(13)9-10)17-21-14(26-22-17)8-11-3-5-12(19)6-4-11/h2-12,14H,13,15H2,1H3;2-7,9,24H,8H2,1H3. The fourth-order valence-corrected chi connectivity index (χ4v) is 6.03. The van der Waals surface area contributed by atoms with Crippen LogP contribution in [-0.4, -0.2) is 44.2 Å². The Hall–Kier alpha value is -7.88. The Morgan fingerprint density at radius 2 is 1.08 bits per heavy atom. The first kappa shape index (κ1) is 38.0. The second-order valence-electron chi connectivity index (χ2n) is 13.5. The summed E-state index contributed by atoms with van der Waals surface area (Å²) in [5, 5.41) is 18.0. The van der Waals surface area contributed by atoms with Crippen LogP contribution in [0.15, 0.2) is 134 Å². The molecule has 59 heavy (non-hydrogen) atoms. The SMILES string of the molecule is Cc1ccc2nc(-c3noc(Cc4ccc(F)cc4)n3)c(O)c(=O)n2c1.Cc1ccc2nc(-c3noc(Cc4ccc(F)cc4)n3)c(OCc3ccccc3)c(=O)n2c1. The predicted molar refractivity (Wildman–Crippen MR) is 210 cm³/mol. The highest BCUT2D eigenvalue weighted by atomic mass is 19.1. The third kappa shape index (κ3) is 8.46. The van der Waals surface area contributed by atoms with Crippen molar-refractivity contribution >= 4 is 11.3 Å². The summed E-state index contributed by atoms with van der Waals surface area (Å²) in [4.78, 5) is 43.1. The molecule has 0 spiro atoms. The van der Waals surface area contributed by atoms with E-state index in [-0.39, 0.29) is 58.5 Å². The number of aryl methyl sites for hydroxylation is 2. The van der Waals surface area contributed by atoms with Gasteiger partial charge in [0.25, 0.3) is 0 Å². The molecule has 0 aliphatic heterocycles. The van der Waals surface area contributed by atoms with Crippen LogP contribution in [0.3, 0.4) is 0 Å². The van der Waals surface area contributed by atoms with E-state index >= 15 is 0 Å². The summed E-state index contributed by atoms with van der Waals surface area (Å²) in [6.45, 7) is 3.91. The molecule has 0 saturated heterocycles. The first-order valence-electron chi connectivity index (χ1n) is 18.1. The molecule has 0 radical (unpaired) electrons. The normalized spacial score (nSPS) is 11.1. The third-order valence-corrected chi connectivity index (χ3v) is 9.00. The van der Waals surface area contributed by atoms with Crippen molar-refractivity contribution in [2.45, 2.75) is 33.3 Å². The number of ether oxygens (including phenoxy) is 1. The first-order valence-corrected chi connectivity index (χ1v) is 18.1. The molecule has 0 fully saturated rings. The molecule has 0 unspecified atom stereocenters. The highest BCUT2D eigenvalue weighted by Crippen LogP contribution is 2.26. The average Bonchev–Trinajstić information content (AvgIpc) is 3.91. The molecule has 16 heteroatoms. The lowest BCUT2D eigenvalue weighted by Crippen LogP contribution is -2.19. The first-order chi connectivity index (χ1) is 28.6. The maximum absolute atomic E-state index is 13.3. The van der Waals surface area contributed by atoms with Crippen LogP contribution in [0, 0.1) is 25.5 Å². The lowest BCUT2D eigenvalue weighted by atomic mass is 10.1. The van der Waals surface area contributed by atoms with Crippen molar-refractivity contribution in [3.8, 4) is 34.5 Å². The summed E-state index contributed by atoms with van der Waals surface area (Å²) >= 11 is 0. The van der Waals surface area contributed by atoms with Crippen LogP contribution >= 0.6 is 0 Å². The molecule has 9 aromatic rings. The Morgan fingerprint density at radius 1 is 0.593 bits per heavy atom. The number of benzene rings is 3. The number of nitrogens with zero attached hydrogens (tertiary/aromatic N) is 8. The molecule has 1 N–H and O–H groups in total. The molecule has 0 bridgehead atoms. The molecule has 294 valence electrons. The van der Waals surface area contributed by atoms with Gasteiger partial charge in [-0.05, 0) is 78.1 Å². The number of aromatic nitrogens is 8. The van der Waals surface area contributed by atoms with Gasteiger partial charge in [0.15, 0.2) is 11.4 Å². The van der Waals surface area contributed by atoms with Gasteiger partial charge in [-0.25, -0.2) is 18.7 Å². The summed E-state index contributed by atoms with van der Waals surface area (Å²) in [6.07, 6.45) is 3.91. The van der Waals surface area contributed by atoms with Crippen molar-refractivity contribution in [1.82, 2.24) is 39.1 Å². The number of fused-ring (bicyclic) bond motifs is 2. The molecule has 9 rings (SSSR count). The fraction of sp³-hybridized carbons (Fsp3) is 0.116. The predicted octanol–water partition coefficient (Wildman–Crippen LogP) is 6.85. The molecule has 0 saturated carbocycles. The van der Waals surface area contributed by atoms with Gasteiger partial charge in [0.2, 0.25) is 34.9 Å². The van der Waals surface area contributed by atoms with Crippen LogP contribution in [0.5, 0.6) is 11.5 Å². The van der Waals surface area contributed by atoms with Crippen LogP contribution in [0.1, 0.15) is 39.6 Å². The van der Waals surface area contributed by atoms with Crippen molar-refractivity contribution < 1.29 is 27.7 Å². The van der Waals surface area contributed by atoms with Crippen LogP contribution < -0.4 is 15.9 Å². The highest BCUT2D eigenvalue weighted by molar-refractivity contribution is 5.63. The summed E-state index contributed by atoms with van der Waals surface area (Å²) in [7, 11) is 0. The zero-order valence-electron chi connectivity index (χ0n) is 31.4. The third-order valence-electron chi connectivity index (χ3n) is 9.00. The van der Waals surface area contributed by atoms with Gasteiger partial charge < -0.3 is 18.9 Å². The van der Waals surface area contributed by atoms with E-state index in [9.17, 15) is 23.5 Å². The minimum atomic E-state index is -0.612. The molecule has 6 heterocycles. The molecule has 6 aromatic heterocycles. The van der Waals surface area contributed by atoms with Crippen molar-refractivity contribution in [1.29, 1.82) is 0 Å². The molecule has 14 nitrogen and oxygen atoms in total. The summed E-state index contributed by atoms with van der Waals surface area (Å²) in [5.41, 5.74) is 4.25.